The predicted octanol–water partition coefficient (Wildman–Crippen LogP) is 4.24. The van der Waals surface area contributed by atoms with E-state index in [2.05, 4.69) is 23.2 Å². The van der Waals surface area contributed by atoms with Gasteiger partial charge in [0.1, 0.15) is 5.78 Å². The number of carbonyl (C=O) groups is 1. The lowest BCUT2D eigenvalue weighted by Crippen LogP contribution is -2.07. The van der Waals surface area contributed by atoms with Gasteiger partial charge in [-0.3, -0.25) is 9.78 Å². The van der Waals surface area contributed by atoms with Crippen molar-refractivity contribution in [1.82, 2.24) is 4.98 Å². The third-order valence-corrected chi connectivity index (χ3v) is 3.85. The van der Waals surface area contributed by atoms with Gasteiger partial charge in [-0.1, -0.05) is 54.1 Å². The van der Waals surface area contributed by atoms with Crippen LogP contribution in [0.4, 0.5) is 0 Å². The van der Waals surface area contributed by atoms with Gasteiger partial charge in [0.25, 0.3) is 0 Å². The lowest BCUT2D eigenvalue weighted by Gasteiger charge is -2.07. The molecule has 0 amide bonds. The van der Waals surface area contributed by atoms with E-state index >= 15 is 0 Å². The monoisotopic (exact) mass is 295 g/mol. The van der Waals surface area contributed by atoms with Gasteiger partial charge >= 0.3 is 0 Å². The van der Waals surface area contributed by atoms with Gasteiger partial charge in [0, 0.05) is 25.2 Å². The Bertz CT molecular complexity index is 793. The summed E-state index contributed by atoms with van der Waals surface area (Å²) in [5, 5.41) is 2.84. The van der Waals surface area contributed by atoms with Crippen molar-refractivity contribution >= 4 is 28.2 Å². The number of hydrogen-bond acceptors (Lipinski definition) is 2. The first kappa shape index (κ1) is 13.8. The van der Waals surface area contributed by atoms with Gasteiger partial charge < -0.3 is 0 Å². The Morgan fingerprint density at radius 3 is 2.57 bits per heavy atom. The van der Waals surface area contributed by atoms with Gasteiger partial charge in [-0.2, -0.15) is 0 Å². The van der Waals surface area contributed by atoms with E-state index in [0.717, 1.165) is 21.9 Å². The molecule has 104 valence electrons. The minimum Gasteiger partial charge on any atom is -0.299 e. The number of nitrogens with zero attached hydrogens (tertiary/aromatic N) is 1. The average molecular weight is 296 g/mol. The van der Waals surface area contributed by atoms with Crippen LogP contribution in [0.3, 0.4) is 0 Å². The molecule has 3 aromatic rings. The number of ketones is 1. The van der Waals surface area contributed by atoms with Crippen molar-refractivity contribution in [3.63, 3.8) is 0 Å². The fourth-order valence-electron chi connectivity index (χ4n) is 2.48. The molecule has 0 aliphatic rings. The first-order chi connectivity index (χ1) is 10.2. The van der Waals surface area contributed by atoms with Crippen molar-refractivity contribution in [2.45, 2.75) is 12.8 Å². The molecule has 0 saturated heterocycles. The van der Waals surface area contributed by atoms with E-state index < -0.39 is 0 Å². The molecule has 2 aromatic carbocycles. The molecule has 0 aliphatic heterocycles. The Labute approximate surface area is 128 Å². The molecule has 0 aliphatic carbocycles. The van der Waals surface area contributed by atoms with Gasteiger partial charge in [-0.15, -0.1) is 0 Å². The molecule has 0 spiro atoms. The highest BCUT2D eigenvalue weighted by Crippen LogP contribution is 2.20. The van der Waals surface area contributed by atoms with Crippen molar-refractivity contribution < 1.29 is 4.79 Å². The summed E-state index contributed by atoms with van der Waals surface area (Å²) >= 11 is 6.05. The highest BCUT2D eigenvalue weighted by molar-refractivity contribution is 6.31. The highest BCUT2D eigenvalue weighted by Gasteiger charge is 2.10. The van der Waals surface area contributed by atoms with Crippen LogP contribution >= 0.6 is 11.6 Å². The van der Waals surface area contributed by atoms with Crippen LogP contribution in [-0.4, -0.2) is 10.8 Å². The van der Waals surface area contributed by atoms with Gasteiger partial charge in [0.05, 0.1) is 5.02 Å². The smallest absolute Gasteiger partial charge is 0.141 e. The zero-order chi connectivity index (χ0) is 14.7. The van der Waals surface area contributed by atoms with Crippen LogP contribution in [0.2, 0.25) is 5.02 Å². The predicted molar refractivity (Wildman–Crippen MR) is 85.6 cm³/mol. The van der Waals surface area contributed by atoms with Crippen molar-refractivity contribution in [1.29, 1.82) is 0 Å². The summed E-state index contributed by atoms with van der Waals surface area (Å²) in [4.78, 5) is 16.2. The van der Waals surface area contributed by atoms with E-state index in [4.69, 9.17) is 11.6 Å². The zero-order valence-electron chi connectivity index (χ0n) is 11.4. The second kappa shape index (κ2) is 6.06. The number of pyridine rings is 1. The maximum atomic E-state index is 12.3. The van der Waals surface area contributed by atoms with Crippen LogP contribution < -0.4 is 0 Å². The Balaban J connectivity index is 1.82. The summed E-state index contributed by atoms with van der Waals surface area (Å²) < 4.78 is 0. The Hall–Kier alpha value is -2.19. The van der Waals surface area contributed by atoms with Crippen LogP contribution in [0.1, 0.15) is 11.1 Å². The van der Waals surface area contributed by atoms with Gasteiger partial charge in [-0.25, -0.2) is 0 Å². The van der Waals surface area contributed by atoms with Crippen molar-refractivity contribution in [3.8, 4) is 0 Å². The molecule has 0 unspecified atom stereocenters. The molecule has 0 fully saturated rings. The van der Waals surface area contributed by atoms with Crippen LogP contribution in [0, 0.1) is 0 Å². The molecule has 0 radical (unpaired) electrons. The molecular formula is C18H14ClNO. The zero-order valence-corrected chi connectivity index (χ0v) is 12.2. The number of carbonyl (C=O) groups excluding carboxylic acids is 1. The van der Waals surface area contributed by atoms with Gasteiger partial charge in [-0.05, 0) is 28.0 Å². The summed E-state index contributed by atoms with van der Waals surface area (Å²) in [5.41, 5.74) is 1.89. The molecule has 1 aromatic heterocycles. The number of rotatable bonds is 4. The summed E-state index contributed by atoms with van der Waals surface area (Å²) in [6.45, 7) is 0. The van der Waals surface area contributed by atoms with E-state index in [0.29, 0.717) is 17.9 Å². The molecule has 0 atom stereocenters. The molecule has 3 heteroatoms. The van der Waals surface area contributed by atoms with E-state index in [1.54, 1.807) is 18.5 Å². The summed E-state index contributed by atoms with van der Waals surface area (Å²) in [5.74, 6) is 0.152. The number of Topliss-reactive ketones (excluding diaryl/α,β-unsaturated/α-hetero) is 1. The van der Waals surface area contributed by atoms with Crippen molar-refractivity contribution in [2.24, 2.45) is 0 Å². The molecule has 1 heterocycles. The SMILES string of the molecule is O=C(Cc1ccncc1Cl)Cc1cccc2ccccc12. The van der Waals surface area contributed by atoms with Crippen molar-refractivity contribution in [3.05, 3.63) is 77.1 Å². The topological polar surface area (TPSA) is 30.0 Å². The number of fused-ring (bicyclic) bond motifs is 1. The molecule has 2 nitrogen and oxygen atoms in total. The van der Waals surface area contributed by atoms with Crippen LogP contribution in [0.15, 0.2) is 60.9 Å². The molecule has 0 N–H and O–H groups in total. The minimum absolute atomic E-state index is 0.152. The maximum Gasteiger partial charge on any atom is 0.141 e. The largest absolute Gasteiger partial charge is 0.299 e. The molecule has 0 saturated carbocycles. The van der Waals surface area contributed by atoms with Crippen molar-refractivity contribution in [2.75, 3.05) is 0 Å². The Morgan fingerprint density at radius 1 is 0.952 bits per heavy atom. The highest BCUT2D eigenvalue weighted by atomic mass is 35.5. The molecular weight excluding hydrogens is 282 g/mol. The average Bonchev–Trinajstić information content (AvgIpc) is 2.50. The third kappa shape index (κ3) is 3.11. The third-order valence-electron chi connectivity index (χ3n) is 3.51. The Kier molecular flexibility index (Phi) is 3.98. The van der Waals surface area contributed by atoms with Crippen LogP contribution in [-0.2, 0) is 17.6 Å². The Morgan fingerprint density at radius 2 is 1.71 bits per heavy atom. The first-order valence-electron chi connectivity index (χ1n) is 6.81. The fourth-order valence-corrected chi connectivity index (χ4v) is 2.67. The lowest BCUT2D eigenvalue weighted by atomic mass is 9.98. The van der Waals surface area contributed by atoms with Gasteiger partial charge in [0.15, 0.2) is 0 Å². The second-order valence-electron chi connectivity index (χ2n) is 5.00. The summed E-state index contributed by atoms with van der Waals surface area (Å²) in [6.07, 6.45) is 3.99. The first-order valence-corrected chi connectivity index (χ1v) is 7.18. The molecule has 0 bridgehead atoms. The quantitative estimate of drug-likeness (QED) is 0.720. The fraction of sp³-hybridized carbons (Fsp3) is 0.111. The number of benzene rings is 2. The van der Waals surface area contributed by atoms with Crippen LogP contribution in [0.5, 0.6) is 0 Å². The molecule has 3 rings (SSSR count). The standard InChI is InChI=1S/C18H14ClNO/c19-18-12-20-9-8-15(18)11-16(21)10-14-6-3-5-13-4-1-2-7-17(13)14/h1-9,12H,10-11H2. The lowest BCUT2D eigenvalue weighted by molar-refractivity contribution is -0.117. The number of halogens is 1. The summed E-state index contributed by atoms with van der Waals surface area (Å²) in [7, 11) is 0. The number of aromatic nitrogens is 1. The second-order valence-corrected chi connectivity index (χ2v) is 5.40. The van der Waals surface area contributed by atoms with Crippen LogP contribution in [0.25, 0.3) is 10.8 Å². The minimum atomic E-state index is 0.152. The van der Waals surface area contributed by atoms with E-state index in [1.165, 1.54) is 0 Å². The van der Waals surface area contributed by atoms with E-state index in [-0.39, 0.29) is 5.78 Å². The summed E-state index contributed by atoms with van der Waals surface area (Å²) in [6, 6.07) is 16.0. The van der Waals surface area contributed by atoms with Gasteiger partial charge in [0.2, 0.25) is 0 Å². The maximum absolute atomic E-state index is 12.3. The number of hydrogen-bond donors (Lipinski definition) is 0. The van der Waals surface area contributed by atoms with E-state index in [1.807, 2.05) is 24.3 Å². The molecule has 21 heavy (non-hydrogen) atoms. The van der Waals surface area contributed by atoms with E-state index in [9.17, 15) is 4.79 Å². The normalized spacial score (nSPS) is 10.7.